The molecule has 0 bridgehead atoms. The summed E-state index contributed by atoms with van der Waals surface area (Å²) in [5, 5.41) is 12.8. The van der Waals surface area contributed by atoms with E-state index in [1.807, 2.05) is 6.92 Å². The molecule has 0 saturated heterocycles. The molecule has 40 heavy (non-hydrogen) atoms. The van der Waals surface area contributed by atoms with E-state index < -0.39 is 28.0 Å². The molecular formula is C29H38FN3O6S. The minimum Gasteiger partial charge on any atom is -0.488 e. The quantitative estimate of drug-likeness (QED) is 0.494. The summed E-state index contributed by atoms with van der Waals surface area (Å²) in [6, 6.07) is 8.99. The molecule has 2 N–H and O–H groups in total. The Labute approximate surface area is 235 Å². The number of nitrogens with zero attached hydrogens (tertiary/aromatic N) is 2. The number of benzene rings is 2. The van der Waals surface area contributed by atoms with E-state index in [-0.39, 0.29) is 59.6 Å². The van der Waals surface area contributed by atoms with Crippen molar-refractivity contribution in [2.45, 2.75) is 63.0 Å². The van der Waals surface area contributed by atoms with Gasteiger partial charge >= 0.3 is 0 Å². The van der Waals surface area contributed by atoms with Crippen LogP contribution in [0.1, 0.15) is 56.3 Å². The van der Waals surface area contributed by atoms with Crippen LogP contribution in [0.25, 0.3) is 0 Å². The van der Waals surface area contributed by atoms with Crippen LogP contribution >= 0.6 is 0 Å². The van der Waals surface area contributed by atoms with Crippen LogP contribution in [0.5, 0.6) is 5.75 Å². The van der Waals surface area contributed by atoms with Crippen LogP contribution in [-0.4, -0.2) is 73.4 Å². The lowest BCUT2D eigenvalue weighted by molar-refractivity contribution is -0.120. The molecule has 1 fully saturated rings. The fraction of sp³-hybridized carbons (Fsp3) is 0.517. The molecule has 1 aliphatic carbocycles. The molecule has 0 unspecified atom stereocenters. The molecular weight excluding hydrogens is 537 g/mol. The van der Waals surface area contributed by atoms with Gasteiger partial charge in [-0.1, -0.05) is 26.2 Å². The Kier molecular flexibility index (Phi) is 9.48. The van der Waals surface area contributed by atoms with Crippen LogP contribution in [0.15, 0.2) is 47.4 Å². The molecule has 1 saturated carbocycles. The largest absolute Gasteiger partial charge is 0.488 e. The summed E-state index contributed by atoms with van der Waals surface area (Å²) in [4.78, 5) is 28.0. The lowest BCUT2D eigenvalue weighted by Crippen LogP contribution is -2.50. The van der Waals surface area contributed by atoms with E-state index in [0.29, 0.717) is 5.69 Å². The number of rotatable bonds is 8. The first-order valence-electron chi connectivity index (χ1n) is 13.8. The average Bonchev–Trinajstić information content (AvgIpc) is 2.95. The van der Waals surface area contributed by atoms with Crippen LogP contribution in [0.4, 0.5) is 10.1 Å². The van der Waals surface area contributed by atoms with Crippen LogP contribution in [-0.2, 0) is 14.8 Å². The van der Waals surface area contributed by atoms with Gasteiger partial charge in [0, 0.05) is 31.1 Å². The van der Waals surface area contributed by atoms with Crippen molar-refractivity contribution in [3.8, 4) is 5.75 Å². The molecule has 1 aliphatic heterocycles. The highest BCUT2D eigenvalue weighted by Gasteiger charge is 2.35. The Balaban J connectivity index is 1.62. The van der Waals surface area contributed by atoms with Crippen LogP contribution in [0, 0.1) is 17.7 Å². The molecule has 1 heterocycles. The molecule has 2 amide bonds. The number of likely N-dealkylation sites (N-methyl/N-ethyl adjacent to an activating group) is 1. The third-order valence-electron chi connectivity index (χ3n) is 7.87. The number of halogens is 1. The van der Waals surface area contributed by atoms with Crippen LogP contribution < -0.4 is 10.1 Å². The number of amides is 2. The Morgan fingerprint density at radius 2 is 1.85 bits per heavy atom. The molecule has 2 aromatic carbocycles. The lowest BCUT2D eigenvalue weighted by Gasteiger charge is -2.38. The van der Waals surface area contributed by atoms with Crippen molar-refractivity contribution in [3.05, 3.63) is 53.8 Å². The predicted octanol–water partition coefficient (Wildman–Crippen LogP) is 3.89. The van der Waals surface area contributed by atoms with Gasteiger partial charge in [0.05, 0.1) is 29.7 Å². The minimum absolute atomic E-state index is 0.0317. The summed E-state index contributed by atoms with van der Waals surface area (Å²) in [5.41, 5.74) is 0.701. The molecule has 4 rings (SSSR count). The molecule has 0 radical (unpaired) electrons. The number of hydrogen-bond acceptors (Lipinski definition) is 6. The summed E-state index contributed by atoms with van der Waals surface area (Å²) >= 11 is 0. The zero-order valence-electron chi connectivity index (χ0n) is 23.2. The number of carbonyl (C=O) groups is 2. The van der Waals surface area contributed by atoms with Crippen molar-refractivity contribution < 1.29 is 32.2 Å². The zero-order valence-corrected chi connectivity index (χ0v) is 24.0. The predicted molar refractivity (Wildman–Crippen MR) is 149 cm³/mol. The molecule has 3 atom stereocenters. The summed E-state index contributed by atoms with van der Waals surface area (Å²) in [7, 11) is -2.51. The van der Waals surface area contributed by atoms with Crippen molar-refractivity contribution in [1.82, 2.24) is 9.21 Å². The summed E-state index contributed by atoms with van der Waals surface area (Å²) in [6.07, 6.45) is 4.21. The maximum Gasteiger partial charge on any atom is 0.258 e. The first-order chi connectivity index (χ1) is 19.0. The number of fused-ring (bicyclic) bond motifs is 1. The molecule has 2 aliphatic rings. The Hall–Kier alpha value is -3.02. The van der Waals surface area contributed by atoms with Crippen molar-refractivity contribution in [1.29, 1.82) is 0 Å². The fourth-order valence-corrected chi connectivity index (χ4v) is 6.45. The van der Waals surface area contributed by atoms with Crippen LogP contribution in [0.2, 0.25) is 0 Å². The first-order valence-corrected chi connectivity index (χ1v) is 15.2. The number of sulfonamides is 1. The number of aliphatic hydroxyl groups excluding tert-OH is 1. The Morgan fingerprint density at radius 3 is 2.50 bits per heavy atom. The van der Waals surface area contributed by atoms with Gasteiger partial charge in [-0.3, -0.25) is 9.59 Å². The Morgan fingerprint density at radius 1 is 1.18 bits per heavy atom. The number of nitrogens with one attached hydrogen (secondary N) is 1. The second-order valence-corrected chi connectivity index (χ2v) is 12.9. The van der Waals surface area contributed by atoms with Crippen molar-refractivity contribution in [2.75, 3.05) is 32.1 Å². The number of hydrogen-bond donors (Lipinski definition) is 2. The van der Waals surface area contributed by atoms with Gasteiger partial charge in [0.15, 0.2) is 0 Å². The van der Waals surface area contributed by atoms with E-state index in [2.05, 4.69) is 5.32 Å². The van der Waals surface area contributed by atoms with Gasteiger partial charge in [-0.15, -0.1) is 0 Å². The number of aliphatic hydroxyl groups is 1. The van der Waals surface area contributed by atoms with Gasteiger partial charge in [0.25, 0.3) is 5.91 Å². The second-order valence-electron chi connectivity index (χ2n) is 10.9. The fourth-order valence-electron chi connectivity index (χ4n) is 5.27. The molecule has 0 aromatic heterocycles. The monoisotopic (exact) mass is 575 g/mol. The van der Waals surface area contributed by atoms with E-state index >= 15 is 0 Å². The normalized spacial score (nSPS) is 21.2. The first kappa shape index (κ1) is 30.0. The average molecular weight is 576 g/mol. The van der Waals surface area contributed by atoms with Gasteiger partial charge in [-0.25, -0.2) is 12.8 Å². The standard InChI is InChI=1S/C29H38FN3O6S/c1-19-16-33(20(2)18-34)29(36)25-15-23(31-28(35)21-7-5-4-6-8-21)11-14-26(25)39-27(19)17-32(3)40(37,38)24-12-9-22(30)10-13-24/h9-15,19-21,27,34H,4-8,16-18H2,1-3H3,(H,31,35)/t19-,20-,27-/m1/s1. The molecule has 2 aromatic rings. The Bertz CT molecular complexity index is 1310. The highest BCUT2D eigenvalue weighted by Crippen LogP contribution is 2.32. The van der Waals surface area contributed by atoms with E-state index in [0.717, 1.165) is 48.5 Å². The number of carbonyl (C=O) groups excluding carboxylic acids is 2. The molecule has 9 nitrogen and oxygen atoms in total. The summed E-state index contributed by atoms with van der Waals surface area (Å²) < 4.78 is 47.2. The topological polar surface area (TPSA) is 116 Å². The number of anilines is 1. The van der Waals surface area contributed by atoms with Crippen molar-refractivity contribution in [2.24, 2.45) is 11.8 Å². The lowest BCUT2D eigenvalue weighted by atomic mass is 9.88. The van der Waals surface area contributed by atoms with E-state index in [1.54, 1.807) is 30.0 Å². The van der Waals surface area contributed by atoms with E-state index in [9.17, 15) is 27.5 Å². The highest BCUT2D eigenvalue weighted by molar-refractivity contribution is 7.89. The minimum atomic E-state index is -3.93. The van der Waals surface area contributed by atoms with Crippen LogP contribution in [0.3, 0.4) is 0 Å². The smallest absolute Gasteiger partial charge is 0.258 e. The molecule has 11 heteroatoms. The van der Waals surface area contributed by atoms with Gasteiger partial charge in [-0.05, 0) is 62.2 Å². The summed E-state index contributed by atoms with van der Waals surface area (Å²) in [5.74, 6) is -1.05. The van der Waals surface area contributed by atoms with Gasteiger partial charge in [0.2, 0.25) is 15.9 Å². The van der Waals surface area contributed by atoms with Gasteiger partial charge in [0.1, 0.15) is 17.7 Å². The van der Waals surface area contributed by atoms with Crippen molar-refractivity contribution >= 4 is 27.5 Å². The third kappa shape index (κ3) is 6.64. The van der Waals surface area contributed by atoms with Crippen molar-refractivity contribution in [3.63, 3.8) is 0 Å². The highest BCUT2D eigenvalue weighted by atomic mass is 32.2. The van der Waals surface area contributed by atoms with E-state index in [4.69, 9.17) is 4.74 Å². The molecule has 0 spiro atoms. The van der Waals surface area contributed by atoms with Gasteiger partial charge < -0.3 is 20.1 Å². The SMILES string of the molecule is C[C@@H]1CN([C@H](C)CO)C(=O)c2cc(NC(=O)C3CCCCC3)ccc2O[C@@H]1CN(C)S(=O)(=O)c1ccc(F)cc1. The van der Waals surface area contributed by atoms with Gasteiger partial charge in [-0.2, -0.15) is 4.31 Å². The molecule has 218 valence electrons. The van der Waals surface area contributed by atoms with E-state index in [1.165, 1.54) is 19.2 Å². The maximum absolute atomic E-state index is 13.7. The number of ether oxygens (including phenoxy) is 1. The summed E-state index contributed by atoms with van der Waals surface area (Å²) in [6.45, 7) is 3.53. The maximum atomic E-state index is 13.7. The second kappa shape index (κ2) is 12.7. The third-order valence-corrected chi connectivity index (χ3v) is 9.70. The zero-order chi connectivity index (χ0) is 29.0.